The molecule has 2 aromatic carbocycles. The lowest BCUT2D eigenvalue weighted by Gasteiger charge is -2.17. The van der Waals surface area contributed by atoms with E-state index in [9.17, 15) is 14.7 Å². The van der Waals surface area contributed by atoms with Crippen molar-refractivity contribution in [1.82, 2.24) is 10.3 Å². The molecule has 0 spiro atoms. The minimum Gasteiger partial charge on any atom is -0.494 e. The highest BCUT2D eigenvalue weighted by molar-refractivity contribution is 7.13. The van der Waals surface area contributed by atoms with E-state index in [0.29, 0.717) is 28.0 Å². The van der Waals surface area contributed by atoms with Gasteiger partial charge >= 0.3 is 5.97 Å². The molecule has 3 rings (SSSR count). The van der Waals surface area contributed by atoms with Crippen molar-refractivity contribution in [2.45, 2.75) is 19.4 Å². The van der Waals surface area contributed by atoms with Gasteiger partial charge in [-0.05, 0) is 36.8 Å². The van der Waals surface area contributed by atoms with Gasteiger partial charge in [0.05, 0.1) is 19.1 Å². The van der Waals surface area contributed by atoms with Crippen molar-refractivity contribution in [1.29, 1.82) is 0 Å². The summed E-state index contributed by atoms with van der Waals surface area (Å²) in [6, 6.07) is 13.5. The van der Waals surface area contributed by atoms with E-state index < -0.39 is 17.9 Å². The molecule has 0 radical (unpaired) electrons. The highest BCUT2D eigenvalue weighted by Gasteiger charge is 2.21. The smallest absolute Gasteiger partial charge is 0.305 e. The maximum absolute atomic E-state index is 12.7. The number of carbonyl (C=O) groups excluding carboxylic acids is 1. The van der Waals surface area contributed by atoms with Crippen molar-refractivity contribution in [3.05, 3.63) is 70.2 Å². The molecule has 150 valence electrons. The summed E-state index contributed by atoms with van der Waals surface area (Å²) in [5.74, 6) is -0.833. The number of nitrogens with one attached hydrogen (secondary N) is 1. The number of amides is 1. The number of carboxylic acids is 1. The summed E-state index contributed by atoms with van der Waals surface area (Å²) in [4.78, 5) is 28.4. The molecule has 6 nitrogen and oxygen atoms in total. The molecule has 1 unspecified atom stereocenters. The number of aromatic nitrogens is 1. The second kappa shape index (κ2) is 9.54. The van der Waals surface area contributed by atoms with Crippen LogP contribution in [0.4, 0.5) is 0 Å². The van der Waals surface area contributed by atoms with Gasteiger partial charge in [0.25, 0.3) is 5.91 Å². The Hall–Kier alpha value is -2.90. The Kier molecular flexibility index (Phi) is 6.85. The Morgan fingerprint density at radius 1 is 1.24 bits per heavy atom. The number of nitrogens with zero attached hydrogens (tertiary/aromatic N) is 1. The summed E-state index contributed by atoms with van der Waals surface area (Å²) in [5, 5.41) is 15.0. The second-order valence-corrected chi connectivity index (χ2v) is 7.47. The number of halogens is 1. The SMILES string of the molecule is CCOc1cccc(C(CC(=O)O)NC(=O)c2csc(-c3ccc(Cl)cc3)n2)c1. The van der Waals surface area contributed by atoms with Crippen LogP contribution in [0.15, 0.2) is 53.9 Å². The Bertz CT molecular complexity index is 1000. The first kappa shape index (κ1) is 20.8. The first-order valence-corrected chi connectivity index (χ1v) is 10.2. The normalized spacial score (nSPS) is 11.7. The monoisotopic (exact) mass is 430 g/mol. The minimum absolute atomic E-state index is 0.233. The van der Waals surface area contributed by atoms with Gasteiger partial charge in [-0.1, -0.05) is 35.9 Å². The van der Waals surface area contributed by atoms with Crippen LogP contribution in [-0.4, -0.2) is 28.6 Å². The maximum atomic E-state index is 12.7. The van der Waals surface area contributed by atoms with E-state index in [0.717, 1.165) is 5.56 Å². The maximum Gasteiger partial charge on any atom is 0.305 e. The molecule has 2 N–H and O–H groups in total. The molecule has 1 aromatic heterocycles. The van der Waals surface area contributed by atoms with Crippen LogP contribution in [-0.2, 0) is 4.79 Å². The number of aliphatic carboxylic acids is 1. The minimum atomic E-state index is -1.02. The predicted octanol–water partition coefficient (Wildman–Crippen LogP) is 4.81. The van der Waals surface area contributed by atoms with E-state index >= 15 is 0 Å². The molecule has 1 heterocycles. The lowest BCUT2D eigenvalue weighted by Crippen LogP contribution is -2.30. The first-order chi connectivity index (χ1) is 14.0. The highest BCUT2D eigenvalue weighted by Crippen LogP contribution is 2.26. The van der Waals surface area contributed by atoms with Crippen LogP contribution in [0.2, 0.25) is 5.02 Å². The Labute approximate surface area is 177 Å². The topological polar surface area (TPSA) is 88.5 Å². The average molecular weight is 431 g/mol. The summed E-state index contributed by atoms with van der Waals surface area (Å²) in [5.41, 5.74) is 1.74. The van der Waals surface area contributed by atoms with Gasteiger partial charge in [0.1, 0.15) is 16.5 Å². The van der Waals surface area contributed by atoms with E-state index in [1.54, 1.807) is 41.8 Å². The van der Waals surface area contributed by atoms with E-state index in [-0.39, 0.29) is 12.1 Å². The molecular weight excluding hydrogens is 412 g/mol. The van der Waals surface area contributed by atoms with Gasteiger partial charge in [-0.2, -0.15) is 0 Å². The summed E-state index contributed by atoms with van der Waals surface area (Å²) >= 11 is 7.24. The summed E-state index contributed by atoms with van der Waals surface area (Å²) < 4.78 is 5.47. The molecule has 0 aliphatic rings. The van der Waals surface area contributed by atoms with Crippen LogP contribution in [0.3, 0.4) is 0 Å². The van der Waals surface area contributed by atoms with Gasteiger partial charge in [-0.15, -0.1) is 11.3 Å². The molecule has 0 bridgehead atoms. The highest BCUT2D eigenvalue weighted by atomic mass is 35.5. The number of benzene rings is 2. The van der Waals surface area contributed by atoms with Crippen LogP contribution >= 0.6 is 22.9 Å². The van der Waals surface area contributed by atoms with Crippen molar-refractivity contribution < 1.29 is 19.4 Å². The standard InChI is InChI=1S/C21H19ClN2O4S/c1-2-28-16-5-3-4-14(10-16)17(11-19(25)26)23-20(27)18-12-29-21(24-18)13-6-8-15(22)9-7-13/h3-10,12,17H,2,11H2,1H3,(H,23,27)(H,25,26). The van der Waals surface area contributed by atoms with E-state index in [2.05, 4.69) is 10.3 Å². The fraction of sp³-hybridized carbons (Fsp3) is 0.190. The van der Waals surface area contributed by atoms with Crippen molar-refractivity contribution >= 4 is 34.8 Å². The van der Waals surface area contributed by atoms with Crippen LogP contribution in [0.1, 0.15) is 35.4 Å². The number of thiazole rings is 1. The number of hydrogen-bond acceptors (Lipinski definition) is 5. The number of ether oxygens (including phenoxy) is 1. The Morgan fingerprint density at radius 2 is 2.00 bits per heavy atom. The molecule has 1 atom stereocenters. The predicted molar refractivity (Wildman–Crippen MR) is 113 cm³/mol. The zero-order chi connectivity index (χ0) is 20.8. The molecule has 1 amide bonds. The quantitative estimate of drug-likeness (QED) is 0.535. The molecule has 3 aromatic rings. The third kappa shape index (κ3) is 5.56. The number of carboxylic acid groups (broad SMARTS) is 1. The molecular formula is C21H19ClN2O4S. The zero-order valence-electron chi connectivity index (χ0n) is 15.6. The van der Waals surface area contributed by atoms with E-state index in [1.807, 2.05) is 19.1 Å². The van der Waals surface area contributed by atoms with Crippen molar-refractivity contribution in [2.75, 3.05) is 6.61 Å². The third-order valence-electron chi connectivity index (χ3n) is 4.08. The summed E-state index contributed by atoms with van der Waals surface area (Å²) in [7, 11) is 0. The lowest BCUT2D eigenvalue weighted by molar-refractivity contribution is -0.137. The fourth-order valence-electron chi connectivity index (χ4n) is 2.75. The third-order valence-corrected chi connectivity index (χ3v) is 5.23. The van der Waals surface area contributed by atoms with Gasteiger partial charge in [-0.3, -0.25) is 9.59 Å². The van der Waals surface area contributed by atoms with E-state index in [1.165, 1.54) is 11.3 Å². The van der Waals surface area contributed by atoms with Crippen LogP contribution < -0.4 is 10.1 Å². The van der Waals surface area contributed by atoms with Crippen LogP contribution in [0, 0.1) is 0 Å². The fourth-order valence-corrected chi connectivity index (χ4v) is 3.68. The molecule has 8 heteroatoms. The van der Waals surface area contributed by atoms with Crippen LogP contribution in [0.25, 0.3) is 10.6 Å². The number of rotatable bonds is 8. The Morgan fingerprint density at radius 3 is 2.69 bits per heavy atom. The largest absolute Gasteiger partial charge is 0.494 e. The molecule has 0 fully saturated rings. The summed E-state index contributed by atoms with van der Waals surface area (Å²) in [6.45, 7) is 2.36. The van der Waals surface area contributed by atoms with Crippen LogP contribution in [0.5, 0.6) is 5.75 Å². The van der Waals surface area contributed by atoms with Crippen molar-refractivity contribution in [2.24, 2.45) is 0 Å². The first-order valence-electron chi connectivity index (χ1n) is 8.93. The molecule has 0 saturated heterocycles. The van der Waals surface area contributed by atoms with Crippen molar-refractivity contribution in [3.8, 4) is 16.3 Å². The molecule has 29 heavy (non-hydrogen) atoms. The van der Waals surface area contributed by atoms with Crippen molar-refractivity contribution in [3.63, 3.8) is 0 Å². The van der Waals surface area contributed by atoms with E-state index in [4.69, 9.17) is 16.3 Å². The lowest BCUT2D eigenvalue weighted by atomic mass is 10.0. The van der Waals surface area contributed by atoms with Gasteiger partial charge in [-0.25, -0.2) is 4.98 Å². The molecule has 0 aliphatic carbocycles. The second-order valence-electron chi connectivity index (χ2n) is 6.17. The van der Waals surface area contributed by atoms with Gasteiger partial charge < -0.3 is 15.2 Å². The zero-order valence-corrected chi connectivity index (χ0v) is 17.2. The van der Waals surface area contributed by atoms with Gasteiger partial charge in [0.2, 0.25) is 0 Å². The van der Waals surface area contributed by atoms with Gasteiger partial charge in [0, 0.05) is 16.0 Å². The average Bonchev–Trinajstić information content (AvgIpc) is 3.18. The van der Waals surface area contributed by atoms with Gasteiger partial charge in [0.15, 0.2) is 0 Å². The Balaban J connectivity index is 1.79. The molecule has 0 aliphatic heterocycles. The molecule has 0 saturated carbocycles. The number of carbonyl (C=O) groups is 2. The summed E-state index contributed by atoms with van der Waals surface area (Å²) in [6.07, 6.45) is -0.254. The number of hydrogen-bond donors (Lipinski definition) is 2.